The zero-order chi connectivity index (χ0) is 19.2. The average molecular weight is 365 g/mol. The summed E-state index contributed by atoms with van der Waals surface area (Å²) in [7, 11) is 0. The van der Waals surface area contributed by atoms with Crippen molar-refractivity contribution in [3.05, 3.63) is 72.2 Å². The number of halogens is 1. The van der Waals surface area contributed by atoms with Crippen LogP contribution in [0, 0.1) is 11.7 Å². The van der Waals surface area contributed by atoms with Gasteiger partial charge in [0, 0.05) is 29.9 Å². The van der Waals surface area contributed by atoms with Crippen molar-refractivity contribution in [2.75, 3.05) is 6.54 Å². The summed E-state index contributed by atoms with van der Waals surface area (Å²) in [6, 6.07) is 14.4. The van der Waals surface area contributed by atoms with E-state index in [-0.39, 0.29) is 11.7 Å². The number of benzene rings is 2. The summed E-state index contributed by atoms with van der Waals surface area (Å²) < 4.78 is 18.8. The van der Waals surface area contributed by atoms with Crippen LogP contribution in [0.3, 0.4) is 0 Å². The molecule has 3 rings (SSSR count). The third-order valence-corrected chi connectivity index (χ3v) is 3.72. The molecule has 0 bridgehead atoms. The van der Waals surface area contributed by atoms with Gasteiger partial charge >= 0.3 is 0 Å². The van der Waals surface area contributed by atoms with Crippen molar-refractivity contribution in [1.29, 1.82) is 0 Å². The van der Waals surface area contributed by atoms with Gasteiger partial charge in [0.25, 0.3) is 5.91 Å². The Kier molecular flexibility index (Phi) is 5.76. The highest BCUT2D eigenvalue weighted by Gasteiger charge is 2.09. The number of carbonyl (C=O) groups is 1. The van der Waals surface area contributed by atoms with Crippen LogP contribution in [-0.2, 0) is 0 Å². The van der Waals surface area contributed by atoms with Crippen molar-refractivity contribution < 1.29 is 13.9 Å². The van der Waals surface area contributed by atoms with E-state index in [4.69, 9.17) is 4.74 Å². The largest absolute Gasteiger partial charge is 0.439 e. The molecule has 0 aliphatic rings. The average Bonchev–Trinajstić information content (AvgIpc) is 2.67. The second-order valence-electron chi connectivity index (χ2n) is 6.46. The topological polar surface area (TPSA) is 64.1 Å². The van der Waals surface area contributed by atoms with Crippen molar-refractivity contribution in [2.24, 2.45) is 5.92 Å². The number of ether oxygens (including phenoxy) is 1. The number of hydrogen-bond acceptors (Lipinski definition) is 4. The van der Waals surface area contributed by atoms with Gasteiger partial charge in [-0.2, -0.15) is 4.98 Å². The van der Waals surface area contributed by atoms with Crippen molar-refractivity contribution in [2.45, 2.75) is 13.8 Å². The van der Waals surface area contributed by atoms with E-state index in [9.17, 15) is 9.18 Å². The lowest BCUT2D eigenvalue weighted by molar-refractivity contribution is 0.0948. The Bertz CT molecular complexity index is 927. The third-order valence-electron chi connectivity index (χ3n) is 3.72. The zero-order valence-corrected chi connectivity index (χ0v) is 15.1. The highest BCUT2D eigenvalue weighted by molar-refractivity contribution is 5.94. The Morgan fingerprint density at radius 2 is 1.93 bits per heavy atom. The predicted molar refractivity (Wildman–Crippen MR) is 101 cm³/mol. The summed E-state index contributed by atoms with van der Waals surface area (Å²) in [5.41, 5.74) is 1.20. The SMILES string of the molecule is CC(C)CNC(=O)c1cccc(Oc2ccnc(-c3ccc(F)cc3)n2)c1. The van der Waals surface area contributed by atoms with Crippen LogP contribution in [-0.4, -0.2) is 22.4 Å². The summed E-state index contributed by atoms with van der Waals surface area (Å²) in [5, 5.41) is 2.87. The number of aromatic nitrogens is 2. The van der Waals surface area contributed by atoms with E-state index in [1.165, 1.54) is 12.1 Å². The quantitative estimate of drug-likeness (QED) is 0.700. The molecule has 138 valence electrons. The molecule has 0 saturated heterocycles. The third kappa shape index (κ3) is 5.10. The first-order valence-corrected chi connectivity index (χ1v) is 8.66. The molecule has 0 radical (unpaired) electrons. The molecule has 3 aromatic rings. The van der Waals surface area contributed by atoms with E-state index in [1.54, 1.807) is 48.7 Å². The fourth-order valence-corrected chi connectivity index (χ4v) is 2.36. The van der Waals surface area contributed by atoms with Crippen molar-refractivity contribution in [3.8, 4) is 23.0 Å². The smallest absolute Gasteiger partial charge is 0.251 e. The van der Waals surface area contributed by atoms with Crippen LogP contribution in [0.15, 0.2) is 60.8 Å². The number of rotatable bonds is 6. The summed E-state index contributed by atoms with van der Waals surface area (Å²) in [5.74, 6) is 1.17. The minimum Gasteiger partial charge on any atom is -0.439 e. The summed E-state index contributed by atoms with van der Waals surface area (Å²) in [6.45, 7) is 4.68. The van der Waals surface area contributed by atoms with Crippen molar-refractivity contribution in [3.63, 3.8) is 0 Å². The lowest BCUT2D eigenvalue weighted by Gasteiger charge is -2.10. The number of amides is 1. The van der Waals surface area contributed by atoms with Crippen LogP contribution in [0.4, 0.5) is 4.39 Å². The summed E-state index contributed by atoms with van der Waals surface area (Å²) in [6.07, 6.45) is 1.57. The number of nitrogens with zero attached hydrogens (tertiary/aromatic N) is 2. The van der Waals surface area contributed by atoms with E-state index >= 15 is 0 Å². The molecule has 1 aromatic heterocycles. The summed E-state index contributed by atoms with van der Waals surface area (Å²) >= 11 is 0. The van der Waals surface area contributed by atoms with Crippen LogP contribution in [0.25, 0.3) is 11.4 Å². The van der Waals surface area contributed by atoms with Crippen molar-refractivity contribution >= 4 is 5.91 Å². The van der Waals surface area contributed by atoms with Gasteiger partial charge < -0.3 is 10.1 Å². The van der Waals surface area contributed by atoms with Gasteiger partial charge in [0.05, 0.1) is 0 Å². The van der Waals surface area contributed by atoms with E-state index in [1.807, 2.05) is 13.8 Å². The zero-order valence-electron chi connectivity index (χ0n) is 15.1. The normalized spacial score (nSPS) is 10.7. The number of carbonyl (C=O) groups excluding carboxylic acids is 1. The van der Waals surface area contributed by atoms with E-state index in [0.29, 0.717) is 41.0 Å². The van der Waals surface area contributed by atoms with Gasteiger partial charge in [0.2, 0.25) is 5.88 Å². The van der Waals surface area contributed by atoms with Crippen LogP contribution in [0.5, 0.6) is 11.6 Å². The Hall–Kier alpha value is -3.28. The van der Waals surface area contributed by atoms with Gasteiger partial charge in [-0.3, -0.25) is 4.79 Å². The minimum atomic E-state index is -0.321. The molecule has 1 amide bonds. The number of nitrogens with one attached hydrogen (secondary N) is 1. The molecule has 27 heavy (non-hydrogen) atoms. The molecule has 6 heteroatoms. The first kappa shape index (κ1) is 18.5. The molecule has 1 N–H and O–H groups in total. The molecular formula is C21H20FN3O2. The minimum absolute atomic E-state index is 0.149. The van der Waals surface area contributed by atoms with Crippen LogP contribution in [0.2, 0.25) is 0 Å². The Morgan fingerprint density at radius 3 is 2.67 bits per heavy atom. The highest BCUT2D eigenvalue weighted by atomic mass is 19.1. The van der Waals surface area contributed by atoms with Crippen LogP contribution in [0.1, 0.15) is 24.2 Å². The second-order valence-corrected chi connectivity index (χ2v) is 6.46. The molecular weight excluding hydrogens is 345 g/mol. The Morgan fingerprint density at radius 1 is 1.15 bits per heavy atom. The maximum absolute atomic E-state index is 13.1. The predicted octanol–water partition coefficient (Wildman–Crippen LogP) is 4.46. The molecule has 0 saturated carbocycles. The van der Waals surface area contributed by atoms with Crippen molar-refractivity contribution in [1.82, 2.24) is 15.3 Å². The molecule has 0 aliphatic heterocycles. The molecule has 0 spiro atoms. The van der Waals surface area contributed by atoms with Gasteiger partial charge in [-0.05, 0) is 48.4 Å². The first-order valence-electron chi connectivity index (χ1n) is 8.66. The lowest BCUT2D eigenvalue weighted by atomic mass is 10.2. The maximum Gasteiger partial charge on any atom is 0.251 e. The molecule has 5 nitrogen and oxygen atoms in total. The highest BCUT2D eigenvalue weighted by Crippen LogP contribution is 2.23. The number of hydrogen-bond donors (Lipinski definition) is 1. The molecule has 2 aromatic carbocycles. The first-order chi connectivity index (χ1) is 13.0. The molecule has 1 heterocycles. The van der Waals surface area contributed by atoms with Gasteiger partial charge in [0.1, 0.15) is 11.6 Å². The van der Waals surface area contributed by atoms with Crippen LogP contribution >= 0.6 is 0 Å². The van der Waals surface area contributed by atoms with E-state index in [0.717, 1.165) is 0 Å². The Labute approximate surface area is 157 Å². The maximum atomic E-state index is 13.1. The fraction of sp³-hybridized carbons (Fsp3) is 0.190. The van der Waals surface area contributed by atoms with Gasteiger partial charge in [0.15, 0.2) is 5.82 Å². The van der Waals surface area contributed by atoms with Gasteiger partial charge in [-0.1, -0.05) is 19.9 Å². The molecule has 0 unspecified atom stereocenters. The monoisotopic (exact) mass is 365 g/mol. The van der Waals surface area contributed by atoms with E-state index < -0.39 is 0 Å². The van der Waals surface area contributed by atoms with E-state index in [2.05, 4.69) is 15.3 Å². The Balaban J connectivity index is 1.76. The van der Waals surface area contributed by atoms with Gasteiger partial charge in [-0.25, -0.2) is 9.37 Å². The summed E-state index contributed by atoms with van der Waals surface area (Å²) in [4.78, 5) is 20.7. The standard InChI is InChI=1S/C21H20FN3O2/c1-14(2)13-24-21(26)16-4-3-5-18(12-16)27-19-10-11-23-20(25-19)15-6-8-17(22)9-7-15/h3-12,14H,13H2,1-2H3,(H,24,26). The molecule has 0 atom stereocenters. The molecule has 0 aliphatic carbocycles. The molecule has 0 fully saturated rings. The fourth-order valence-electron chi connectivity index (χ4n) is 2.36. The lowest BCUT2D eigenvalue weighted by Crippen LogP contribution is -2.27. The van der Waals surface area contributed by atoms with Crippen LogP contribution < -0.4 is 10.1 Å². The second kappa shape index (κ2) is 8.40. The van der Waals surface area contributed by atoms with Gasteiger partial charge in [-0.15, -0.1) is 0 Å².